The number of benzene rings is 1. The number of fused-ring (bicyclic) bond motifs is 1. The Hall–Kier alpha value is -1.64. The van der Waals surface area contributed by atoms with Gasteiger partial charge in [-0.2, -0.15) is 0 Å². The number of rotatable bonds is 1. The van der Waals surface area contributed by atoms with Crippen molar-refractivity contribution >= 4 is 12.0 Å². The molecule has 2 rings (SSSR count). The van der Waals surface area contributed by atoms with Crippen LogP contribution in [0.5, 0.6) is 0 Å². The smallest absolute Gasteiger partial charge is 0.163 e. The number of hydrogen-bond donors (Lipinski definition) is 1. The van der Waals surface area contributed by atoms with Gasteiger partial charge in [-0.3, -0.25) is 4.79 Å². The maximum absolute atomic E-state index is 11.5. The molecule has 1 aliphatic rings. The van der Waals surface area contributed by atoms with E-state index in [0.717, 1.165) is 29.5 Å². The van der Waals surface area contributed by atoms with Gasteiger partial charge in [-0.1, -0.05) is 17.3 Å². The first-order valence-corrected chi connectivity index (χ1v) is 4.65. The minimum absolute atomic E-state index is 0.221. The normalized spacial score (nSPS) is 15.9. The number of carbonyl (C=O) groups excluding carboxylic acids is 1. The Bertz CT molecular complexity index is 396. The Kier molecular flexibility index (Phi) is 2.31. The monoisotopic (exact) mass is 189 g/mol. The first-order valence-electron chi connectivity index (χ1n) is 4.65. The average molecular weight is 189 g/mol. The molecule has 3 nitrogen and oxygen atoms in total. The van der Waals surface area contributed by atoms with Crippen molar-refractivity contribution in [1.82, 2.24) is 0 Å². The van der Waals surface area contributed by atoms with Crippen LogP contribution in [0.15, 0.2) is 23.4 Å². The summed E-state index contributed by atoms with van der Waals surface area (Å²) in [6.45, 7) is 0. The Labute approximate surface area is 82.1 Å². The van der Waals surface area contributed by atoms with Crippen LogP contribution < -0.4 is 0 Å². The third-order valence-electron chi connectivity index (χ3n) is 2.49. The summed E-state index contributed by atoms with van der Waals surface area (Å²) in [6.07, 6.45) is 3.89. The molecule has 0 heterocycles. The maximum Gasteiger partial charge on any atom is 0.163 e. The molecule has 0 aliphatic heterocycles. The number of ketones is 1. The summed E-state index contributed by atoms with van der Waals surface area (Å²) in [7, 11) is 0. The Balaban J connectivity index is 2.43. The van der Waals surface area contributed by atoms with Gasteiger partial charge in [0.25, 0.3) is 0 Å². The standard InChI is InChI=1S/C11H11NO2/c13-11-3-1-2-9-6-8(7-12-14)4-5-10(9)11/h4-7,14H,1-3H2/b12-7-. The zero-order valence-corrected chi connectivity index (χ0v) is 7.73. The van der Waals surface area contributed by atoms with Gasteiger partial charge in [0.15, 0.2) is 5.78 Å². The fourth-order valence-corrected chi connectivity index (χ4v) is 1.81. The molecule has 3 heteroatoms. The van der Waals surface area contributed by atoms with E-state index in [1.165, 1.54) is 6.21 Å². The molecular formula is C11H11NO2. The molecule has 0 amide bonds. The topological polar surface area (TPSA) is 49.7 Å². The first-order chi connectivity index (χ1) is 6.81. The summed E-state index contributed by atoms with van der Waals surface area (Å²) in [4.78, 5) is 11.5. The summed E-state index contributed by atoms with van der Waals surface area (Å²) < 4.78 is 0. The van der Waals surface area contributed by atoms with E-state index in [9.17, 15) is 4.79 Å². The van der Waals surface area contributed by atoms with Crippen molar-refractivity contribution in [3.05, 3.63) is 34.9 Å². The van der Waals surface area contributed by atoms with Gasteiger partial charge in [0.2, 0.25) is 0 Å². The molecule has 0 unspecified atom stereocenters. The molecule has 0 bridgehead atoms. The molecule has 1 aliphatic carbocycles. The third kappa shape index (κ3) is 1.53. The Morgan fingerprint density at radius 1 is 1.36 bits per heavy atom. The molecular weight excluding hydrogens is 178 g/mol. The van der Waals surface area contributed by atoms with Crippen LogP contribution in [0.25, 0.3) is 0 Å². The van der Waals surface area contributed by atoms with Gasteiger partial charge in [-0.15, -0.1) is 0 Å². The largest absolute Gasteiger partial charge is 0.411 e. The molecule has 0 saturated heterocycles. The molecule has 1 aromatic rings. The van der Waals surface area contributed by atoms with Crippen molar-refractivity contribution < 1.29 is 10.0 Å². The number of nitrogens with zero attached hydrogens (tertiary/aromatic N) is 1. The predicted octanol–water partition coefficient (Wildman–Crippen LogP) is 2.01. The number of hydrogen-bond acceptors (Lipinski definition) is 3. The van der Waals surface area contributed by atoms with E-state index in [-0.39, 0.29) is 5.78 Å². The fraction of sp³-hybridized carbons (Fsp3) is 0.273. The minimum Gasteiger partial charge on any atom is -0.411 e. The minimum atomic E-state index is 0.221. The molecule has 0 atom stereocenters. The van der Waals surface area contributed by atoms with Gasteiger partial charge in [-0.05, 0) is 30.0 Å². The van der Waals surface area contributed by atoms with Crippen LogP contribution in [0.2, 0.25) is 0 Å². The summed E-state index contributed by atoms with van der Waals surface area (Å²) in [5, 5.41) is 11.3. The van der Waals surface area contributed by atoms with Crippen LogP contribution in [0.4, 0.5) is 0 Å². The van der Waals surface area contributed by atoms with Crippen LogP contribution in [-0.4, -0.2) is 17.2 Å². The van der Waals surface area contributed by atoms with Crippen LogP contribution >= 0.6 is 0 Å². The fourth-order valence-electron chi connectivity index (χ4n) is 1.81. The molecule has 0 aromatic heterocycles. The van der Waals surface area contributed by atoms with E-state index in [4.69, 9.17) is 5.21 Å². The second-order valence-corrected chi connectivity index (χ2v) is 3.44. The quantitative estimate of drug-likeness (QED) is 0.417. The Morgan fingerprint density at radius 2 is 2.21 bits per heavy atom. The summed E-state index contributed by atoms with van der Waals surface area (Å²) in [5.41, 5.74) is 2.73. The number of Topliss-reactive ketones (excluding diaryl/α,β-unsaturated/α-hetero) is 1. The van der Waals surface area contributed by atoms with Crippen LogP contribution in [0, 0.1) is 0 Å². The molecule has 72 valence electrons. The van der Waals surface area contributed by atoms with Crippen molar-refractivity contribution in [2.45, 2.75) is 19.3 Å². The second kappa shape index (κ2) is 3.62. The first kappa shape index (κ1) is 8.94. The van der Waals surface area contributed by atoms with E-state index in [2.05, 4.69) is 5.16 Å². The third-order valence-corrected chi connectivity index (χ3v) is 2.49. The van der Waals surface area contributed by atoms with E-state index >= 15 is 0 Å². The highest BCUT2D eigenvalue weighted by atomic mass is 16.4. The molecule has 1 aromatic carbocycles. The molecule has 14 heavy (non-hydrogen) atoms. The van der Waals surface area contributed by atoms with Crippen molar-refractivity contribution in [1.29, 1.82) is 0 Å². The van der Waals surface area contributed by atoms with Crippen molar-refractivity contribution in [2.75, 3.05) is 0 Å². The Morgan fingerprint density at radius 3 is 3.00 bits per heavy atom. The second-order valence-electron chi connectivity index (χ2n) is 3.44. The van der Waals surface area contributed by atoms with Gasteiger partial charge >= 0.3 is 0 Å². The molecule has 0 radical (unpaired) electrons. The lowest BCUT2D eigenvalue weighted by molar-refractivity contribution is 0.0972. The highest BCUT2D eigenvalue weighted by molar-refractivity contribution is 5.99. The zero-order chi connectivity index (χ0) is 9.97. The highest BCUT2D eigenvalue weighted by Gasteiger charge is 2.16. The van der Waals surface area contributed by atoms with Crippen molar-refractivity contribution in [3.8, 4) is 0 Å². The van der Waals surface area contributed by atoms with Gasteiger partial charge in [0, 0.05) is 12.0 Å². The molecule has 1 N–H and O–H groups in total. The summed E-state index contributed by atoms with van der Waals surface area (Å²) in [6, 6.07) is 5.52. The lowest BCUT2D eigenvalue weighted by Crippen LogP contribution is -2.10. The van der Waals surface area contributed by atoms with E-state index in [0.29, 0.717) is 6.42 Å². The maximum atomic E-state index is 11.5. The van der Waals surface area contributed by atoms with Gasteiger partial charge in [0.1, 0.15) is 0 Å². The SMILES string of the molecule is O=C1CCCc2cc(/C=N\O)ccc21. The number of aryl methyl sites for hydroxylation is 1. The molecule has 0 fully saturated rings. The van der Waals surface area contributed by atoms with E-state index in [1.807, 2.05) is 12.1 Å². The average Bonchev–Trinajstić information content (AvgIpc) is 2.18. The lowest BCUT2D eigenvalue weighted by atomic mass is 9.89. The molecule has 0 saturated carbocycles. The van der Waals surface area contributed by atoms with Gasteiger partial charge in [-0.25, -0.2) is 0 Å². The summed E-state index contributed by atoms with van der Waals surface area (Å²) in [5.74, 6) is 0.221. The van der Waals surface area contributed by atoms with Gasteiger partial charge < -0.3 is 5.21 Å². The van der Waals surface area contributed by atoms with E-state index < -0.39 is 0 Å². The highest BCUT2D eigenvalue weighted by Crippen LogP contribution is 2.21. The van der Waals surface area contributed by atoms with Crippen LogP contribution in [0.3, 0.4) is 0 Å². The number of carbonyl (C=O) groups is 1. The van der Waals surface area contributed by atoms with Crippen molar-refractivity contribution in [3.63, 3.8) is 0 Å². The van der Waals surface area contributed by atoms with Crippen LogP contribution in [-0.2, 0) is 6.42 Å². The van der Waals surface area contributed by atoms with Gasteiger partial charge in [0.05, 0.1) is 6.21 Å². The zero-order valence-electron chi connectivity index (χ0n) is 7.73. The van der Waals surface area contributed by atoms with Crippen LogP contribution in [0.1, 0.15) is 34.3 Å². The molecule has 0 spiro atoms. The number of oxime groups is 1. The van der Waals surface area contributed by atoms with E-state index in [1.54, 1.807) is 6.07 Å². The summed E-state index contributed by atoms with van der Waals surface area (Å²) >= 11 is 0. The van der Waals surface area contributed by atoms with Crippen molar-refractivity contribution in [2.24, 2.45) is 5.16 Å². The predicted molar refractivity (Wildman–Crippen MR) is 53.1 cm³/mol. The lowest BCUT2D eigenvalue weighted by Gasteiger charge is -2.14.